The van der Waals surface area contributed by atoms with Gasteiger partial charge in [0, 0.05) is 26.7 Å². The monoisotopic (exact) mass is 288 g/mol. The number of methoxy groups -OCH3 is 1. The molecule has 0 aliphatic rings. The van der Waals surface area contributed by atoms with E-state index in [0.717, 1.165) is 13.1 Å². The van der Waals surface area contributed by atoms with Gasteiger partial charge in [-0.05, 0) is 13.8 Å². The maximum Gasteiger partial charge on any atom is 0.287 e. The maximum absolute atomic E-state index is 11.9. The average molecular weight is 289 g/mol. The largest absolute Gasteiger partial charge is 0.383 e. The van der Waals surface area contributed by atoms with Crippen LogP contribution in [-0.2, 0) is 4.74 Å². The van der Waals surface area contributed by atoms with E-state index >= 15 is 0 Å². The zero-order valence-electron chi connectivity index (χ0n) is 11.6. The first kappa shape index (κ1) is 15.9. The number of hydrogen-bond acceptors (Lipinski definition) is 5. The zero-order chi connectivity index (χ0) is 14.3. The van der Waals surface area contributed by atoms with E-state index in [1.165, 1.54) is 4.68 Å². The Morgan fingerprint density at radius 3 is 2.79 bits per heavy atom. The summed E-state index contributed by atoms with van der Waals surface area (Å²) >= 11 is 6.03. The van der Waals surface area contributed by atoms with E-state index in [1.54, 1.807) is 13.3 Å². The van der Waals surface area contributed by atoms with Gasteiger partial charge in [0.05, 0.1) is 24.5 Å². The first-order valence-corrected chi connectivity index (χ1v) is 6.66. The van der Waals surface area contributed by atoms with E-state index < -0.39 is 0 Å². The summed E-state index contributed by atoms with van der Waals surface area (Å²) in [6.45, 7) is 6.66. The van der Waals surface area contributed by atoms with E-state index in [1.807, 2.05) is 13.8 Å². The molecule has 0 fully saturated rings. The number of nitrogens with one attached hydrogen (secondary N) is 2. The van der Waals surface area contributed by atoms with Gasteiger partial charge in [-0.1, -0.05) is 11.6 Å². The smallest absolute Gasteiger partial charge is 0.287 e. The van der Waals surface area contributed by atoms with Gasteiger partial charge in [-0.25, -0.2) is 4.68 Å². The fraction of sp³-hybridized carbons (Fsp3) is 0.667. The maximum atomic E-state index is 11.9. The summed E-state index contributed by atoms with van der Waals surface area (Å²) in [7, 11) is 1.66. The van der Waals surface area contributed by atoms with Crippen LogP contribution in [0.2, 0.25) is 5.02 Å². The third-order valence-electron chi connectivity index (χ3n) is 2.53. The van der Waals surface area contributed by atoms with Crippen molar-refractivity contribution in [3.05, 3.63) is 21.6 Å². The van der Waals surface area contributed by atoms with Crippen molar-refractivity contribution in [2.75, 3.05) is 38.7 Å². The molecule has 1 aromatic heterocycles. The fourth-order valence-corrected chi connectivity index (χ4v) is 1.72. The third-order valence-corrected chi connectivity index (χ3v) is 2.90. The van der Waals surface area contributed by atoms with Crippen molar-refractivity contribution in [2.24, 2.45) is 0 Å². The SMILES string of the molecule is COCCNCCNc1cnn(C(C)C)c(=O)c1Cl. The normalized spacial score (nSPS) is 11.0. The van der Waals surface area contributed by atoms with Crippen LogP contribution in [0.25, 0.3) is 0 Å². The minimum Gasteiger partial charge on any atom is -0.383 e. The summed E-state index contributed by atoms with van der Waals surface area (Å²) in [6, 6.07) is -0.00485. The molecule has 0 aliphatic carbocycles. The standard InChI is InChI=1S/C12H21ClN4O2/c1-9(2)17-12(18)11(13)10(8-16-17)15-5-4-14-6-7-19-3/h8-9,14-15H,4-7H2,1-3H3. The molecule has 1 rings (SSSR count). The number of anilines is 1. The second kappa shape index (κ2) is 8.14. The highest BCUT2D eigenvalue weighted by molar-refractivity contribution is 6.32. The Bertz CT molecular complexity index is 448. The molecule has 0 radical (unpaired) electrons. The van der Waals surface area contributed by atoms with Crippen molar-refractivity contribution in [2.45, 2.75) is 19.9 Å². The van der Waals surface area contributed by atoms with E-state index in [0.29, 0.717) is 18.8 Å². The van der Waals surface area contributed by atoms with Crippen molar-refractivity contribution in [3.8, 4) is 0 Å². The Kier molecular flexibility index (Phi) is 6.83. The van der Waals surface area contributed by atoms with Crippen LogP contribution in [0.15, 0.2) is 11.0 Å². The van der Waals surface area contributed by atoms with Crippen LogP contribution in [-0.4, -0.2) is 43.1 Å². The lowest BCUT2D eigenvalue weighted by atomic mass is 10.4. The Labute approximate surface area is 118 Å². The summed E-state index contributed by atoms with van der Waals surface area (Å²) in [5, 5.41) is 10.5. The third kappa shape index (κ3) is 4.81. The number of ether oxygens (including phenoxy) is 1. The van der Waals surface area contributed by atoms with Crippen molar-refractivity contribution in [1.82, 2.24) is 15.1 Å². The average Bonchev–Trinajstić information content (AvgIpc) is 2.38. The van der Waals surface area contributed by atoms with E-state index in [9.17, 15) is 4.79 Å². The molecule has 0 bridgehead atoms. The van der Waals surface area contributed by atoms with Crippen LogP contribution in [0.1, 0.15) is 19.9 Å². The highest BCUT2D eigenvalue weighted by Gasteiger charge is 2.10. The van der Waals surface area contributed by atoms with Gasteiger partial charge in [0.25, 0.3) is 5.56 Å². The Balaban J connectivity index is 2.51. The lowest BCUT2D eigenvalue weighted by Gasteiger charge is -2.12. The van der Waals surface area contributed by atoms with Gasteiger partial charge in [-0.15, -0.1) is 0 Å². The van der Waals surface area contributed by atoms with Crippen molar-refractivity contribution in [3.63, 3.8) is 0 Å². The highest BCUT2D eigenvalue weighted by atomic mass is 35.5. The Hall–Kier alpha value is -1.11. The molecule has 0 aliphatic heterocycles. The first-order chi connectivity index (χ1) is 9.07. The molecule has 0 atom stereocenters. The van der Waals surface area contributed by atoms with E-state index in [2.05, 4.69) is 15.7 Å². The predicted molar refractivity (Wildman–Crippen MR) is 77.1 cm³/mol. The summed E-state index contributed by atoms with van der Waals surface area (Å²) in [5.41, 5.74) is 0.297. The molecule has 7 heteroatoms. The quantitative estimate of drug-likeness (QED) is 0.702. The molecule has 0 unspecified atom stereocenters. The topological polar surface area (TPSA) is 68.2 Å². The number of hydrogen-bond donors (Lipinski definition) is 2. The van der Waals surface area contributed by atoms with Crippen molar-refractivity contribution < 1.29 is 4.74 Å². The fourth-order valence-electron chi connectivity index (χ4n) is 1.52. The van der Waals surface area contributed by atoms with Crippen molar-refractivity contribution >= 4 is 17.3 Å². The van der Waals surface area contributed by atoms with Crippen molar-refractivity contribution in [1.29, 1.82) is 0 Å². The second-order valence-corrected chi connectivity index (χ2v) is 4.76. The van der Waals surface area contributed by atoms with Gasteiger partial charge < -0.3 is 15.4 Å². The lowest BCUT2D eigenvalue weighted by Crippen LogP contribution is -2.28. The summed E-state index contributed by atoms with van der Waals surface area (Å²) in [6.07, 6.45) is 1.58. The van der Waals surface area contributed by atoms with Gasteiger partial charge in [-0.2, -0.15) is 5.10 Å². The molecule has 2 N–H and O–H groups in total. The summed E-state index contributed by atoms with van der Waals surface area (Å²) < 4.78 is 6.28. The predicted octanol–water partition coefficient (Wildman–Crippen LogP) is 1.13. The van der Waals surface area contributed by atoms with Crippen LogP contribution in [0.4, 0.5) is 5.69 Å². The molecule has 0 saturated heterocycles. The Morgan fingerprint density at radius 2 is 2.16 bits per heavy atom. The minimum atomic E-state index is -0.269. The second-order valence-electron chi connectivity index (χ2n) is 4.39. The summed E-state index contributed by atoms with van der Waals surface area (Å²) in [4.78, 5) is 11.9. The summed E-state index contributed by atoms with van der Waals surface area (Å²) in [5.74, 6) is 0. The van der Waals surface area contributed by atoms with Gasteiger partial charge in [-0.3, -0.25) is 4.79 Å². The van der Waals surface area contributed by atoms with E-state index in [-0.39, 0.29) is 16.6 Å². The number of halogens is 1. The number of rotatable bonds is 8. The zero-order valence-corrected chi connectivity index (χ0v) is 12.3. The van der Waals surface area contributed by atoms with Crippen LogP contribution < -0.4 is 16.2 Å². The van der Waals surface area contributed by atoms with Gasteiger partial charge in [0.1, 0.15) is 5.02 Å². The molecule has 0 aromatic carbocycles. The molecule has 19 heavy (non-hydrogen) atoms. The van der Waals surface area contributed by atoms with Crippen LogP contribution in [0.3, 0.4) is 0 Å². The molecular weight excluding hydrogens is 268 g/mol. The first-order valence-electron chi connectivity index (χ1n) is 6.28. The van der Waals surface area contributed by atoms with Crippen LogP contribution in [0, 0.1) is 0 Å². The Morgan fingerprint density at radius 1 is 1.42 bits per heavy atom. The van der Waals surface area contributed by atoms with Crippen LogP contribution in [0.5, 0.6) is 0 Å². The molecule has 0 spiro atoms. The molecule has 108 valence electrons. The number of nitrogens with zero attached hydrogens (tertiary/aromatic N) is 2. The molecule has 0 saturated carbocycles. The minimum absolute atomic E-state index is 0.00485. The van der Waals surface area contributed by atoms with Crippen LogP contribution >= 0.6 is 11.6 Å². The molecule has 1 heterocycles. The van der Waals surface area contributed by atoms with E-state index in [4.69, 9.17) is 16.3 Å². The van der Waals surface area contributed by atoms with Gasteiger partial charge >= 0.3 is 0 Å². The lowest BCUT2D eigenvalue weighted by molar-refractivity contribution is 0.200. The molecular formula is C12H21ClN4O2. The number of aromatic nitrogens is 2. The van der Waals surface area contributed by atoms with Gasteiger partial charge in [0.15, 0.2) is 0 Å². The molecule has 1 aromatic rings. The highest BCUT2D eigenvalue weighted by Crippen LogP contribution is 2.15. The van der Waals surface area contributed by atoms with Gasteiger partial charge in [0.2, 0.25) is 0 Å². The molecule has 6 nitrogen and oxygen atoms in total. The molecule has 0 amide bonds.